The van der Waals surface area contributed by atoms with E-state index in [0.29, 0.717) is 39.6 Å². The summed E-state index contributed by atoms with van der Waals surface area (Å²) in [7, 11) is -3.22. The molecular weight excluding hydrogens is 821 g/mol. The largest absolute Gasteiger partial charge is 0.480 e. The first-order valence-corrected chi connectivity index (χ1v) is 21.3. The Balaban J connectivity index is 1.49. The van der Waals surface area contributed by atoms with E-state index < -0.39 is 45.4 Å². The molecule has 0 fully saturated rings. The smallest absolute Gasteiger partial charge is 0.370 e. The molecule has 1 aliphatic carbocycles. The zero-order valence-corrected chi connectivity index (χ0v) is 35.2. The summed E-state index contributed by atoms with van der Waals surface area (Å²) in [6, 6.07) is 16.3. The molecule has 0 saturated heterocycles. The number of carbonyl (C=O) groups is 3. The fourth-order valence-corrected chi connectivity index (χ4v) is 9.96. The van der Waals surface area contributed by atoms with Crippen molar-refractivity contribution in [2.45, 2.75) is 72.5 Å². The van der Waals surface area contributed by atoms with Gasteiger partial charge in [0, 0.05) is 49.2 Å². The SMILES string of the molecule is COOOSc1ccc2c(c1)C(C)(C)C(/C=C/C1=C(Sc3ccccc3C(=O)O)C(=C/C=C3/N(CC(=O)O)c4ccc(S(=O)(=O)O)cc4C3(C)C)/CCC1)=[N+]2CC(=O)O. The van der Waals surface area contributed by atoms with Gasteiger partial charge in [0.1, 0.15) is 6.54 Å². The minimum Gasteiger partial charge on any atom is -0.480 e. The Hall–Kier alpha value is -5.01. The maximum absolute atomic E-state index is 12.4. The summed E-state index contributed by atoms with van der Waals surface area (Å²) in [6.45, 7) is 6.99. The fourth-order valence-electron chi connectivity index (χ4n) is 7.77. The number of carboxylic acids is 3. The van der Waals surface area contributed by atoms with Crippen molar-refractivity contribution in [3.63, 3.8) is 0 Å². The number of rotatable bonds is 15. The van der Waals surface area contributed by atoms with Gasteiger partial charge < -0.3 is 20.2 Å². The number of hydrogen-bond donors (Lipinski definition) is 4. The standard InChI is InChI=1S/C42H42N2O12S3/c1-41(2)30-21-27(58-56-55-54-5)15-17-32(30)43(23-37(45)46)35(41)19-13-25-9-8-10-26(39(25)57-34-12-7-6-11-29(34)40(49)50)14-20-36-42(3,4)31-22-28(59(51,52)53)16-18-33(31)44(36)24-38(47)48/h6-7,11-22H,8-10,23-24H2,1-5H3,(H3-,45,46,47,48,49,50,51,52,53)/p+1. The van der Waals surface area contributed by atoms with Gasteiger partial charge in [-0.2, -0.15) is 13.0 Å². The first-order chi connectivity index (χ1) is 27.8. The lowest BCUT2D eigenvalue weighted by Gasteiger charge is -2.26. The van der Waals surface area contributed by atoms with Gasteiger partial charge in [-0.1, -0.05) is 54.9 Å². The Morgan fingerprint density at radius 3 is 2.32 bits per heavy atom. The molecule has 3 aromatic carbocycles. The van der Waals surface area contributed by atoms with Crippen molar-refractivity contribution in [1.82, 2.24) is 0 Å². The summed E-state index contributed by atoms with van der Waals surface area (Å²) in [5.41, 5.74) is 4.23. The molecule has 0 atom stereocenters. The topological polar surface area (TPSA) is 200 Å². The molecule has 14 nitrogen and oxygen atoms in total. The zero-order chi connectivity index (χ0) is 42.9. The van der Waals surface area contributed by atoms with Crippen LogP contribution in [0.1, 0.15) is 68.4 Å². The van der Waals surface area contributed by atoms with E-state index >= 15 is 0 Å². The van der Waals surface area contributed by atoms with Crippen molar-refractivity contribution in [3.8, 4) is 0 Å². The highest BCUT2D eigenvalue weighted by Gasteiger charge is 2.46. The number of nitrogens with zero attached hydrogens (tertiary/aromatic N) is 2. The summed E-state index contributed by atoms with van der Waals surface area (Å²) in [6.07, 6.45) is 9.54. The van der Waals surface area contributed by atoms with E-state index in [2.05, 4.69) is 9.93 Å². The van der Waals surface area contributed by atoms with E-state index in [9.17, 15) is 42.7 Å². The highest BCUT2D eigenvalue weighted by Crippen LogP contribution is 2.49. The van der Waals surface area contributed by atoms with Crippen LogP contribution in [0.15, 0.2) is 121 Å². The molecule has 0 saturated carbocycles. The van der Waals surface area contributed by atoms with Gasteiger partial charge in [-0.15, -0.1) is 4.33 Å². The van der Waals surface area contributed by atoms with Crippen LogP contribution in [0.2, 0.25) is 0 Å². The second-order valence-corrected chi connectivity index (χ2v) is 18.3. The molecule has 0 amide bonds. The Bertz CT molecular complexity index is 2500. The number of fused-ring (bicyclic) bond motifs is 2. The fraction of sp³-hybridized carbons (Fsp3) is 0.286. The van der Waals surface area contributed by atoms with Gasteiger partial charge in [0.15, 0.2) is 5.71 Å². The molecule has 0 bridgehead atoms. The Morgan fingerprint density at radius 1 is 0.898 bits per heavy atom. The molecule has 310 valence electrons. The zero-order valence-electron chi connectivity index (χ0n) is 32.8. The predicted octanol–water partition coefficient (Wildman–Crippen LogP) is 8.09. The van der Waals surface area contributed by atoms with E-state index in [4.69, 9.17) is 4.33 Å². The highest BCUT2D eigenvalue weighted by molar-refractivity contribution is 8.03. The first kappa shape index (κ1) is 43.6. The average Bonchev–Trinajstić information content (AvgIpc) is 3.50. The maximum Gasteiger partial charge on any atom is 0.370 e. The minimum absolute atomic E-state index is 0.120. The molecule has 3 aromatic rings. The molecule has 3 aliphatic rings. The first-order valence-electron chi connectivity index (χ1n) is 18.3. The molecule has 0 aromatic heterocycles. The Kier molecular flexibility index (Phi) is 12.8. The number of benzene rings is 3. The van der Waals surface area contributed by atoms with E-state index in [-0.39, 0.29) is 17.0 Å². The minimum atomic E-state index is -4.54. The lowest BCUT2D eigenvalue weighted by Crippen LogP contribution is -2.30. The van der Waals surface area contributed by atoms with Gasteiger partial charge in [0.2, 0.25) is 12.2 Å². The third-order valence-electron chi connectivity index (χ3n) is 10.5. The van der Waals surface area contributed by atoms with Crippen LogP contribution < -0.4 is 4.90 Å². The molecule has 6 rings (SSSR count). The number of anilines is 1. The van der Waals surface area contributed by atoms with Crippen LogP contribution in [0.3, 0.4) is 0 Å². The summed E-state index contributed by atoms with van der Waals surface area (Å²) < 4.78 is 40.7. The number of allylic oxidation sites excluding steroid dienone is 7. The number of hydrogen-bond acceptors (Lipinski definition) is 11. The Morgan fingerprint density at radius 2 is 1.64 bits per heavy atom. The predicted molar refractivity (Wildman–Crippen MR) is 222 cm³/mol. The lowest BCUT2D eigenvalue weighted by molar-refractivity contribution is -0.447. The number of aromatic carboxylic acids is 1. The third kappa shape index (κ3) is 9.11. The Labute approximate surface area is 350 Å². The second kappa shape index (κ2) is 17.3. The molecule has 4 N–H and O–H groups in total. The normalized spacial score (nSPS) is 18.6. The van der Waals surface area contributed by atoms with E-state index in [1.165, 1.54) is 43.1 Å². The van der Waals surface area contributed by atoms with Crippen LogP contribution in [0.4, 0.5) is 11.4 Å². The van der Waals surface area contributed by atoms with Crippen LogP contribution >= 0.6 is 23.8 Å². The van der Waals surface area contributed by atoms with Crippen LogP contribution in [0, 0.1) is 0 Å². The summed E-state index contributed by atoms with van der Waals surface area (Å²) >= 11 is 2.25. The van der Waals surface area contributed by atoms with Crippen molar-refractivity contribution in [2.24, 2.45) is 0 Å². The van der Waals surface area contributed by atoms with Crippen LogP contribution in [0.5, 0.6) is 0 Å². The average molecular weight is 864 g/mol. The van der Waals surface area contributed by atoms with Crippen LogP contribution in [-0.2, 0) is 44.8 Å². The molecule has 2 aliphatic heterocycles. The van der Waals surface area contributed by atoms with Gasteiger partial charge >= 0.3 is 17.9 Å². The van der Waals surface area contributed by atoms with Crippen molar-refractivity contribution in [3.05, 3.63) is 123 Å². The maximum atomic E-state index is 12.4. The molecule has 0 unspecified atom stereocenters. The lowest BCUT2D eigenvalue weighted by atomic mass is 9.81. The third-order valence-corrected chi connectivity index (χ3v) is 13.3. The second-order valence-electron chi connectivity index (χ2n) is 15.0. The van der Waals surface area contributed by atoms with Gasteiger partial charge in [0.05, 0.1) is 35.0 Å². The van der Waals surface area contributed by atoms with Crippen molar-refractivity contribution in [2.75, 3.05) is 25.1 Å². The number of aliphatic carboxylic acids is 2. The van der Waals surface area contributed by atoms with Crippen molar-refractivity contribution < 1.29 is 61.5 Å². The molecule has 59 heavy (non-hydrogen) atoms. The molecular formula is C42H43N2O12S3+. The quantitative estimate of drug-likeness (QED) is 0.0285. The van der Waals surface area contributed by atoms with Crippen molar-refractivity contribution >= 4 is 68.9 Å². The van der Waals surface area contributed by atoms with Gasteiger partial charge in [-0.25, -0.2) is 14.5 Å². The van der Waals surface area contributed by atoms with Gasteiger partial charge in [0.25, 0.3) is 10.1 Å². The van der Waals surface area contributed by atoms with E-state index in [1.807, 2.05) is 64.1 Å². The highest BCUT2D eigenvalue weighted by atomic mass is 32.2. The van der Waals surface area contributed by atoms with E-state index in [0.717, 1.165) is 51.5 Å². The molecule has 0 radical (unpaired) electrons. The van der Waals surface area contributed by atoms with Crippen molar-refractivity contribution in [1.29, 1.82) is 0 Å². The monoisotopic (exact) mass is 863 g/mol. The van der Waals surface area contributed by atoms with Gasteiger partial charge in [-0.05, 0) is 98.4 Å². The summed E-state index contributed by atoms with van der Waals surface area (Å²) in [5.74, 6) is -3.21. The summed E-state index contributed by atoms with van der Waals surface area (Å²) in [4.78, 5) is 44.5. The van der Waals surface area contributed by atoms with Gasteiger partial charge in [-0.3, -0.25) is 9.35 Å². The summed E-state index contributed by atoms with van der Waals surface area (Å²) in [5, 5.41) is 34.6. The molecule has 0 spiro atoms. The number of thioether (sulfide) groups is 1. The van der Waals surface area contributed by atoms with Crippen LogP contribution in [-0.4, -0.2) is 76.7 Å². The van der Waals surface area contributed by atoms with E-state index in [1.54, 1.807) is 33.7 Å². The molecule has 2 heterocycles. The van der Waals surface area contributed by atoms with Crippen LogP contribution in [0.25, 0.3) is 0 Å². The molecule has 17 heteroatoms. The number of carboxylic acid groups (broad SMARTS) is 3.